The fraction of sp³-hybridized carbons (Fsp3) is 0. The number of pyridine rings is 1. The lowest BCUT2D eigenvalue weighted by Gasteiger charge is -2.05. The molecule has 0 spiro atoms. The third-order valence-electron chi connectivity index (χ3n) is 1.93. The van der Waals surface area contributed by atoms with Crippen molar-refractivity contribution in [1.82, 2.24) is 4.98 Å². The minimum absolute atomic E-state index is 0.0372. The highest BCUT2D eigenvalue weighted by molar-refractivity contribution is 5.40. The molecule has 0 atom stereocenters. The number of hydrogen-bond acceptors (Lipinski definition) is 4. The van der Waals surface area contributed by atoms with E-state index in [1.54, 1.807) is 30.3 Å². The van der Waals surface area contributed by atoms with Crippen LogP contribution in [0.2, 0.25) is 0 Å². The summed E-state index contributed by atoms with van der Waals surface area (Å²) in [6.45, 7) is 0. The fourth-order valence-corrected chi connectivity index (χ4v) is 1.20. The Bertz CT molecular complexity index is 547. The predicted molar refractivity (Wildman–Crippen MR) is 57.1 cm³/mol. The molecule has 1 N–H and O–H groups in total. The van der Waals surface area contributed by atoms with Crippen molar-refractivity contribution in [3.8, 4) is 23.4 Å². The number of ether oxygens (including phenoxy) is 1. The number of aromatic nitrogens is 1. The van der Waals surface area contributed by atoms with Crippen LogP contribution in [0.3, 0.4) is 0 Å². The second-order valence-corrected chi connectivity index (χ2v) is 3.07. The molecule has 0 saturated heterocycles. The van der Waals surface area contributed by atoms with Crippen LogP contribution in [0, 0.1) is 11.3 Å². The molecule has 2 aromatic rings. The molecule has 2 rings (SSSR count). The molecule has 0 aliphatic carbocycles. The van der Waals surface area contributed by atoms with Crippen molar-refractivity contribution in [2.24, 2.45) is 0 Å². The van der Waals surface area contributed by atoms with E-state index in [1.807, 2.05) is 6.07 Å². The maximum Gasteiger partial charge on any atom is 0.262 e. The van der Waals surface area contributed by atoms with Gasteiger partial charge >= 0.3 is 0 Å². The third-order valence-corrected chi connectivity index (χ3v) is 1.93. The van der Waals surface area contributed by atoms with E-state index >= 15 is 0 Å². The monoisotopic (exact) mass is 212 g/mol. The van der Waals surface area contributed by atoms with Gasteiger partial charge in [0.1, 0.15) is 5.75 Å². The summed E-state index contributed by atoms with van der Waals surface area (Å²) in [7, 11) is 0. The quantitative estimate of drug-likeness (QED) is 0.830. The molecule has 4 nitrogen and oxygen atoms in total. The van der Waals surface area contributed by atoms with Gasteiger partial charge in [0.2, 0.25) is 0 Å². The highest BCUT2D eigenvalue weighted by Gasteiger charge is 2.04. The summed E-state index contributed by atoms with van der Waals surface area (Å²) in [6, 6.07) is 11.7. The van der Waals surface area contributed by atoms with Gasteiger partial charge in [-0.1, -0.05) is 6.07 Å². The Labute approximate surface area is 92.4 Å². The van der Waals surface area contributed by atoms with E-state index in [0.717, 1.165) is 0 Å². The van der Waals surface area contributed by atoms with Gasteiger partial charge in [-0.2, -0.15) is 5.26 Å². The molecular formula is C12H8N2O2. The van der Waals surface area contributed by atoms with E-state index in [1.165, 1.54) is 12.3 Å². The van der Waals surface area contributed by atoms with Gasteiger partial charge in [-0.3, -0.25) is 0 Å². The lowest BCUT2D eigenvalue weighted by atomic mass is 10.2. The molecule has 0 amide bonds. The largest absolute Gasteiger partial charge is 0.503 e. The normalized spacial score (nSPS) is 9.44. The van der Waals surface area contributed by atoms with Crippen LogP contribution < -0.4 is 4.74 Å². The summed E-state index contributed by atoms with van der Waals surface area (Å²) < 4.78 is 5.34. The summed E-state index contributed by atoms with van der Waals surface area (Å²) in [4.78, 5) is 3.87. The Balaban J connectivity index is 2.28. The van der Waals surface area contributed by atoms with Gasteiger partial charge in [-0.25, -0.2) is 4.98 Å². The van der Waals surface area contributed by atoms with E-state index < -0.39 is 0 Å². The van der Waals surface area contributed by atoms with Crippen molar-refractivity contribution in [2.75, 3.05) is 0 Å². The molecule has 0 aliphatic rings. The van der Waals surface area contributed by atoms with Crippen LogP contribution in [-0.2, 0) is 0 Å². The first-order valence-corrected chi connectivity index (χ1v) is 4.61. The zero-order valence-electron chi connectivity index (χ0n) is 8.29. The van der Waals surface area contributed by atoms with E-state index in [2.05, 4.69) is 4.98 Å². The second kappa shape index (κ2) is 4.32. The molecule has 0 aliphatic heterocycles. The smallest absolute Gasteiger partial charge is 0.262 e. The third kappa shape index (κ3) is 2.10. The van der Waals surface area contributed by atoms with E-state index in [-0.39, 0.29) is 11.6 Å². The molecule has 16 heavy (non-hydrogen) atoms. The van der Waals surface area contributed by atoms with Gasteiger partial charge in [-0.15, -0.1) is 0 Å². The van der Waals surface area contributed by atoms with Gasteiger partial charge < -0.3 is 9.84 Å². The van der Waals surface area contributed by atoms with Gasteiger partial charge in [0.05, 0.1) is 11.6 Å². The van der Waals surface area contributed by atoms with Crippen LogP contribution in [-0.4, -0.2) is 10.1 Å². The number of rotatable bonds is 2. The molecule has 0 saturated carbocycles. The van der Waals surface area contributed by atoms with Gasteiger partial charge in [0, 0.05) is 6.20 Å². The maximum absolute atomic E-state index is 9.45. The van der Waals surface area contributed by atoms with Gasteiger partial charge in [0.15, 0.2) is 5.75 Å². The number of nitrogens with zero attached hydrogens (tertiary/aromatic N) is 2. The Morgan fingerprint density at radius 2 is 2.12 bits per heavy atom. The predicted octanol–water partition coefficient (Wildman–Crippen LogP) is 2.45. The topological polar surface area (TPSA) is 66.1 Å². The van der Waals surface area contributed by atoms with Gasteiger partial charge in [0.25, 0.3) is 5.88 Å². The molecule has 1 aromatic heterocycles. The number of benzene rings is 1. The SMILES string of the molecule is N#Cc1cccc(Oc2ncccc2O)c1. The fourth-order valence-electron chi connectivity index (χ4n) is 1.20. The minimum Gasteiger partial charge on any atom is -0.503 e. The maximum atomic E-state index is 9.45. The number of aromatic hydroxyl groups is 1. The van der Waals surface area contributed by atoms with Crippen LogP contribution in [0.1, 0.15) is 5.56 Å². The van der Waals surface area contributed by atoms with Crippen molar-refractivity contribution in [1.29, 1.82) is 5.26 Å². The van der Waals surface area contributed by atoms with E-state index in [0.29, 0.717) is 11.3 Å². The summed E-state index contributed by atoms with van der Waals surface area (Å²) >= 11 is 0. The van der Waals surface area contributed by atoms with Crippen molar-refractivity contribution in [3.05, 3.63) is 48.2 Å². The van der Waals surface area contributed by atoms with Gasteiger partial charge in [-0.05, 0) is 30.3 Å². The average Bonchev–Trinajstić information content (AvgIpc) is 2.32. The standard InChI is InChI=1S/C12H8N2O2/c13-8-9-3-1-4-10(7-9)16-12-11(15)5-2-6-14-12/h1-7,15H. The van der Waals surface area contributed by atoms with Crippen molar-refractivity contribution in [2.45, 2.75) is 0 Å². The molecule has 0 unspecified atom stereocenters. The molecule has 4 heteroatoms. The van der Waals surface area contributed by atoms with Crippen molar-refractivity contribution in [3.63, 3.8) is 0 Å². The first kappa shape index (κ1) is 9.99. The van der Waals surface area contributed by atoms with Crippen molar-refractivity contribution < 1.29 is 9.84 Å². The Kier molecular flexibility index (Phi) is 2.70. The summed E-state index contributed by atoms with van der Waals surface area (Å²) in [5.74, 6) is 0.551. The number of hydrogen-bond donors (Lipinski definition) is 1. The summed E-state index contributed by atoms with van der Waals surface area (Å²) in [5, 5.41) is 18.2. The van der Waals surface area contributed by atoms with Crippen LogP contribution in [0.15, 0.2) is 42.6 Å². The molecule has 1 aromatic carbocycles. The van der Waals surface area contributed by atoms with Crippen LogP contribution in [0.5, 0.6) is 17.4 Å². The summed E-state index contributed by atoms with van der Waals surface area (Å²) in [6.07, 6.45) is 1.52. The lowest BCUT2D eigenvalue weighted by molar-refractivity contribution is 0.397. The Morgan fingerprint density at radius 1 is 1.25 bits per heavy atom. The molecular weight excluding hydrogens is 204 g/mol. The molecule has 0 bridgehead atoms. The lowest BCUT2D eigenvalue weighted by Crippen LogP contribution is -1.88. The minimum atomic E-state index is -0.0372. The Hall–Kier alpha value is -2.54. The molecule has 1 heterocycles. The van der Waals surface area contributed by atoms with Crippen LogP contribution >= 0.6 is 0 Å². The average molecular weight is 212 g/mol. The second-order valence-electron chi connectivity index (χ2n) is 3.07. The molecule has 0 radical (unpaired) electrons. The van der Waals surface area contributed by atoms with E-state index in [4.69, 9.17) is 10.00 Å². The highest BCUT2D eigenvalue weighted by atomic mass is 16.5. The summed E-state index contributed by atoms with van der Waals surface area (Å²) in [5.41, 5.74) is 0.493. The highest BCUT2D eigenvalue weighted by Crippen LogP contribution is 2.27. The van der Waals surface area contributed by atoms with E-state index in [9.17, 15) is 5.11 Å². The zero-order valence-corrected chi connectivity index (χ0v) is 8.29. The van der Waals surface area contributed by atoms with Crippen LogP contribution in [0.4, 0.5) is 0 Å². The first-order chi connectivity index (χ1) is 7.79. The first-order valence-electron chi connectivity index (χ1n) is 4.61. The molecule has 78 valence electrons. The Morgan fingerprint density at radius 3 is 2.88 bits per heavy atom. The molecule has 0 fully saturated rings. The van der Waals surface area contributed by atoms with Crippen LogP contribution in [0.25, 0.3) is 0 Å². The van der Waals surface area contributed by atoms with Crippen molar-refractivity contribution >= 4 is 0 Å². The number of nitriles is 1. The zero-order chi connectivity index (χ0) is 11.4.